The smallest absolute Gasteiger partial charge is 0.272 e. The molecular weight excluding hydrogens is 236 g/mol. The van der Waals surface area contributed by atoms with Crippen molar-refractivity contribution in [2.75, 3.05) is 0 Å². The van der Waals surface area contributed by atoms with Gasteiger partial charge in [-0.1, -0.05) is 15.9 Å². The second-order valence-electron chi connectivity index (χ2n) is 3.39. The van der Waals surface area contributed by atoms with Crippen LogP contribution in [-0.2, 0) is 4.79 Å². The fourth-order valence-corrected chi connectivity index (χ4v) is 1.37. The Morgan fingerprint density at radius 2 is 2.08 bits per heavy atom. The summed E-state index contributed by atoms with van der Waals surface area (Å²) in [6.07, 6.45) is 1.33. The van der Waals surface area contributed by atoms with Crippen molar-refractivity contribution in [1.82, 2.24) is 4.90 Å². The van der Waals surface area contributed by atoms with E-state index in [1.165, 1.54) is 6.21 Å². The van der Waals surface area contributed by atoms with Gasteiger partial charge in [0, 0.05) is 12.3 Å². The number of rotatable bonds is 1. The maximum absolute atomic E-state index is 11.7. The van der Waals surface area contributed by atoms with Gasteiger partial charge in [0.05, 0.1) is 0 Å². The average molecular weight is 247 g/mol. The van der Waals surface area contributed by atoms with Gasteiger partial charge in [-0.15, -0.1) is 0 Å². The Bertz CT molecular complexity index is 284. The number of imide groups is 1. The van der Waals surface area contributed by atoms with E-state index in [1.807, 2.05) is 0 Å². The van der Waals surface area contributed by atoms with E-state index in [-0.39, 0.29) is 11.9 Å². The van der Waals surface area contributed by atoms with Crippen molar-refractivity contribution in [2.45, 2.75) is 31.1 Å². The minimum Gasteiger partial charge on any atom is -0.272 e. The number of amides is 3. The predicted molar refractivity (Wildman–Crippen MR) is 53.2 cm³/mol. The maximum Gasteiger partial charge on any atom is 0.350 e. The molecule has 1 rings (SSSR count). The molecular formula is C8H11BrN2O2. The summed E-state index contributed by atoms with van der Waals surface area (Å²) < 4.78 is -0.842. The Morgan fingerprint density at radius 3 is 2.46 bits per heavy atom. The van der Waals surface area contributed by atoms with Gasteiger partial charge in [-0.25, -0.2) is 9.79 Å². The van der Waals surface area contributed by atoms with E-state index in [0.717, 1.165) is 4.90 Å². The van der Waals surface area contributed by atoms with Gasteiger partial charge < -0.3 is 0 Å². The van der Waals surface area contributed by atoms with Crippen LogP contribution in [0.5, 0.6) is 0 Å². The lowest BCUT2D eigenvalue weighted by Crippen LogP contribution is -2.52. The minimum absolute atomic E-state index is 0.158. The number of hydrogen-bond donors (Lipinski definition) is 0. The Balaban J connectivity index is 3.06. The molecule has 1 atom stereocenters. The molecule has 4 nitrogen and oxygen atoms in total. The molecule has 5 heteroatoms. The summed E-state index contributed by atoms with van der Waals surface area (Å²) in [6.45, 7) is 5.22. The first-order chi connectivity index (χ1) is 5.86. The van der Waals surface area contributed by atoms with Gasteiger partial charge in [0.15, 0.2) is 0 Å². The molecule has 1 aliphatic heterocycles. The van der Waals surface area contributed by atoms with Crippen LogP contribution in [0.2, 0.25) is 0 Å². The number of carbonyl (C=O) groups excluding carboxylic acids is 2. The van der Waals surface area contributed by atoms with Crippen molar-refractivity contribution in [1.29, 1.82) is 0 Å². The van der Waals surface area contributed by atoms with Crippen LogP contribution in [0, 0.1) is 0 Å². The predicted octanol–water partition coefficient (Wildman–Crippen LogP) is 1.58. The Hall–Kier alpha value is -0.710. The summed E-state index contributed by atoms with van der Waals surface area (Å²) in [5, 5.41) is 0. The number of nitrogens with zero attached hydrogens (tertiary/aromatic N) is 2. The topological polar surface area (TPSA) is 49.7 Å². The first kappa shape index (κ1) is 10.4. The van der Waals surface area contributed by atoms with Gasteiger partial charge in [0.25, 0.3) is 5.91 Å². The summed E-state index contributed by atoms with van der Waals surface area (Å²) in [5.74, 6) is -0.262. The fraction of sp³-hybridized carbons (Fsp3) is 0.625. The highest BCUT2D eigenvalue weighted by Crippen LogP contribution is 2.23. The van der Waals surface area contributed by atoms with Crippen LogP contribution in [-0.4, -0.2) is 33.4 Å². The van der Waals surface area contributed by atoms with Crippen molar-refractivity contribution < 1.29 is 9.59 Å². The second-order valence-corrected chi connectivity index (χ2v) is 5.03. The molecule has 13 heavy (non-hydrogen) atoms. The van der Waals surface area contributed by atoms with E-state index in [2.05, 4.69) is 20.9 Å². The van der Waals surface area contributed by atoms with Gasteiger partial charge in [0.1, 0.15) is 4.32 Å². The first-order valence-electron chi connectivity index (χ1n) is 3.98. The SMILES string of the molecule is CC(C)N1C(=O)N=CC(C)(Br)C1=O. The van der Waals surface area contributed by atoms with Crippen LogP contribution < -0.4 is 0 Å². The number of hydrogen-bond acceptors (Lipinski definition) is 2. The summed E-state index contributed by atoms with van der Waals surface area (Å²) >= 11 is 3.20. The molecule has 3 amide bonds. The lowest BCUT2D eigenvalue weighted by atomic mass is 10.1. The Kier molecular flexibility index (Phi) is 2.56. The highest BCUT2D eigenvalue weighted by atomic mass is 79.9. The molecule has 1 unspecified atom stereocenters. The van der Waals surface area contributed by atoms with Gasteiger partial charge in [-0.05, 0) is 20.8 Å². The molecule has 0 aliphatic carbocycles. The zero-order chi connectivity index (χ0) is 10.2. The Labute approximate surface area is 85.1 Å². The molecule has 72 valence electrons. The molecule has 1 aliphatic rings. The molecule has 0 bridgehead atoms. The van der Waals surface area contributed by atoms with Crippen molar-refractivity contribution >= 4 is 34.1 Å². The average Bonchev–Trinajstić information content (AvgIpc) is 1.98. The summed E-state index contributed by atoms with van der Waals surface area (Å²) in [6, 6.07) is -0.647. The highest BCUT2D eigenvalue weighted by molar-refractivity contribution is 9.10. The summed E-state index contributed by atoms with van der Waals surface area (Å²) in [7, 11) is 0. The first-order valence-corrected chi connectivity index (χ1v) is 4.77. The van der Waals surface area contributed by atoms with Gasteiger partial charge >= 0.3 is 6.03 Å². The molecule has 0 N–H and O–H groups in total. The van der Waals surface area contributed by atoms with Crippen LogP contribution in [0.15, 0.2) is 4.99 Å². The number of carbonyl (C=O) groups is 2. The molecule has 0 spiro atoms. The third-order valence-corrected chi connectivity index (χ3v) is 2.32. The van der Waals surface area contributed by atoms with Crippen molar-refractivity contribution in [2.24, 2.45) is 4.99 Å². The van der Waals surface area contributed by atoms with E-state index in [9.17, 15) is 9.59 Å². The van der Waals surface area contributed by atoms with Crippen LogP contribution in [0.1, 0.15) is 20.8 Å². The number of halogens is 1. The van der Waals surface area contributed by atoms with Crippen molar-refractivity contribution in [3.8, 4) is 0 Å². The number of urea groups is 1. The molecule has 0 aromatic heterocycles. The fourth-order valence-electron chi connectivity index (χ4n) is 1.07. The van der Waals surface area contributed by atoms with E-state index in [1.54, 1.807) is 20.8 Å². The summed E-state index contributed by atoms with van der Waals surface area (Å²) in [4.78, 5) is 27.7. The van der Waals surface area contributed by atoms with Gasteiger partial charge in [-0.2, -0.15) is 0 Å². The van der Waals surface area contributed by atoms with E-state index in [4.69, 9.17) is 0 Å². The van der Waals surface area contributed by atoms with E-state index < -0.39 is 10.4 Å². The van der Waals surface area contributed by atoms with Gasteiger partial charge in [0.2, 0.25) is 0 Å². The summed E-state index contributed by atoms with van der Waals surface area (Å²) in [5.41, 5.74) is 0. The largest absolute Gasteiger partial charge is 0.350 e. The second kappa shape index (κ2) is 3.21. The molecule has 0 saturated heterocycles. The van der Waals surface area contributed by atoms with Crippen LogP contribution in [0.25, 0.3) is 0 Å². The Morgan fingerprint density at radius 1 is 1.54 bits per heavy atom. The van der Waals surface area contributed by atoms with Crippen LogP contribution in [0.4, 0.5) is 4.79 Å². The number of alkyl halides is 1. The third-order valence-electron chi connectivity index (χ3n) is 1.78. The van der Waals surface area contributed by atoms with Gasteiger partial charge in [-0.3, -0.25) is 9.69 Å². The van der Waals surface area contributed by atoms with E-state index >= 15 is 0 Å². The zero-order valence-corrected chi connectivity index (χ0v) is 9.33. The van der Waals surface area contributed by atoms with Crippen molar-refractivity contribution in [3.63, 3.8) is 0 Å². The molecule has 0 radical (unpaired) electrons. The molecule has 0 aromatic carbocycles. The molecule has 0 aromatic rings. The number of aliphatic imine (C=N–C) groups is 1. The highest BCUT2D eigenvalue weighted by Gasteiger charge is 2.40. The minimum atomic E-state index is -0.842. The molecule has 0 fully saturated rings. The van der Waals surface area contributed by atoms with Crippen molar-refractivity contribution in [3.05, 3.63) is 0 Å². The molecule has 1 heterocycles. The normalized spacial score (nSPS) is 28.8. The lowest BCUT2D eigenvalue weighted by Gasteiger charge is -2.31. The lowest BCUT2D eigenvalue weighted by molar-refractivity contribution is -0.129. The van der Waals surface area contributed by atoms with E-state index in [0.29, 0.717) is 0 Å². The zero-order valence-electron chi connectivity index (χ0n) is 7.74. The van der Waals surface area contributed by atoms with Crippen LogP contribution >= 0.6 is 15.9 Å². The quantitative estimate of drug-likeness (QED) is 0.660. The molecule has 0 saturated carbocycles. The maximum atomic E-state index is 11.7. The monoisotopic (exact) mass is 246 g/mol. The van der Waals surface area contributed by atoms with Crippen LogP contribution in [0.3, 0.4) is 0 Å². The standard InChI is InChI=1S/C8H11BrN2O2/c1-5(2)11-6(12)8(3,9)4-10-7(11)13/h4-5H,1-3H3. The third kappa shape index (κ3) is 1.80.